The highest BCUT2D eigenvalue weighted by atomic mass is 15.1. The lowest BCUT2D eigenvalue weighted by molar-refractivity contribution is 0.306. The summed E-state index contributed by atoms with van der Waals surface area (Å²) in [7, 11) is 0. The summed E-state index contributed by atoms with van der Waals surface area (Å²) in [6.07, 6.45) is 6.46. The van der Waals surface area contributed by atoms with Gasteiger partial charge in [-0.25, -0.2) is 4.98 Å². The van der Waals surface area contributed by atoms with E-state index in [1.165, 1.54) is 36.2 Å². The lowest BCUT2D eigenvalue weighted by Gasteiger charge is -2.25. The van der Waals surface area contributed by atoms with E-state index in [4.69, 9.17) is 10.7 Å². The zero-order valence-corrected chi connectivity index (χ0v) is 11.7. The first-order chi connectivity index (χ1) is 9.31. The fourth-order valence-corrected chi connectivity index (χ4v) is 2.94. The Kier molecular flexibility index (Phi) is 3.56. The third kappa shape index (κ3) is 2.39. The monoisotopic (exact) mass is 257 g/mol. The van der Waals surface area contributed by atoms with E-state index >= 15 is 0 Å². The Hall–Kier alpha value is -1.35. The number of hydrogen-bond acceptors (Lipinski definition) is 2. The molecule has 3 heteroatoms. The summed E-state index contributed by atoms with van der Waals surface area (Å²) >= 11 is 0. The van der Waals surface area contributed by atoms with Gasteiger partial charge in [0.25, 0.3) is 0 Å². The van der Waals surface area contributed by atoms with Gasteiger partial charge < -0.3 is 10.3 Å². The molecule has 1 aromatic heterocycles. The summed E-state index contributed by atoms with van der Waals surface area (Å²) in [4.78, 5) is 4.87. The predicted octanol–water partition coefficient (Wildman–Crippen LogP) is 3.25. The molecule has 0 spiro atoms. The average molecular weight is 257 g/mol. The summed E-state index contributed by atoms with van der Waals surface area (Å²) in [6.45, 7) is 3.89. The molecule has 1 aliphatic rings. The SMILES string of the molecule is CCCn1c(CC2CCC2)nc2cc(CN)ccc21. The van der Waals surface area contributed by atoms with Crippen LogP contribution in [0.3, 0.4) is 0 Å². The Bertz CT molecular complexity index is 567. The molecule has 0 aliphatic heterocycles. The molecule has 3 nitrogen and oxygen atoms in total. The molecule has 102 valence electrons. The number of aromatic nitrogens is 2. The molecular weight excluding hydrogens is 234 g/mol. The first kappa shape index (κ1) is 12.7. The van der Waals surface area contributed by atoms with Crippen LogP contribution in [0.15, 0.2) is 18.2 Å². The third-order valence-electron chi connectivity index (χ3n) is 4.27. The van der Waals surface area contributed by atoms with E-state index < -0.39 is 0 Å². The van der Waals surface area contributed by atoms with Crippen LogP contribution in [0.2, 0.25) is 0 Å². The molecule has 0 saturated heterocycles. The summed E-state index contributed by atoms with van der Waals surface area (Å²) < 4.78 is 2.41. The van der Waals surface area contributed by atoms with E-state index in [1.807, 2.05) is 0 Å². The van der Waals surface area contributed by atoms with Crippen molar-refractivity contribution < 1.29 is 0 Å². The molecule has 1 saturated carbocycles. The van der Waals surface area contributed by atoms with Gasteiger partial charge in [0, 0.05) is 19.5 Å². The van der Waals surface area contributed by atoms with Gasteiger partial charge in [-0.05, 0) is 30.0 Å². The highest BCUT2D eigenvalue weighted by Gasteiger charge is 2.21. The largest absolute Gasteiger partial charge is 0.328 e. The highest BCUT2D eigenvalue weighted by molar-refractivity contribution is 5.77. The number of benzene rings is 1. The fraction of sp³-hybridized carbons (Fsp3) is 0.562. The maximum absolute atomic E-state index is 5.72. The zero-order valence-electron chi connectivity index (χ0n) is 11.7. The molecule has 19 heavy (non-hydrogen) atoms. The first-order valence-electron chi connectivity index (χ1n) is 7.50. The topological polar surface area (TPSA) is 43.8 Å². The normalized spacial score (nSPS) is 15.9. The summed E-state index contributed by atoms with van der Waals surface area (Å²) in [5, 5.41) is 0. The average Bonchev–Trinajstić information content (AvgIpc) is 2.71. The van der Waals surface area contributed by atoms with E-state index in [1.54, 1.807) is 0 Å². The molecular formula is C16H23N3. The number of nitrogens with two attached hydrogens (primary N) is 1. The Labute approximate surface area is 114 Å². The van der Waals surface area contributed by atoms with Gasteiger partial charge in [-0.3, -0.25) is 0 Å². The van der Waals surface area contributed by atoms with Crippen molar-refractivity contribution in [3.05, 3.63) is 29.6 Å². The van der Waals surface area contributed by atoms with Crippen molar-refractivity contribution in [3.63, 3.8) is 0 Å². The van der Waals surface area contributed by atoms with Crippen molar-refractivity contribution in [1.82, 2.24) is 9.55 Å². The van der Waals surface area contributed by atoms with Crippen molar-refractivity contribution in [3.8, 4) is 0 Å². The summed E-state index contributed by atoms with van der Waals surface area (Å²) in [6, 6.07) is 6.46. The Morgan fingerprint density at radius 2 is 2.21 bits per heavy atom. The molecule has 3 rings (SSSR count). The standard InChI is InChI=1S/C16H23N3/c1-2-8-19-15-7-6-13(11-17)9-14(15)18-16(19)10-12-4-3-5-12/h6-7,9,12H,2-5,8,10-11,17H2,1H3. The van der Waals surface area contributed by atoms with Gasteiger partial charge in [-0.1, -0.05) is 32.3 Å². The molecule has 0 bridgehead atoms. The van der Waals surface area contributed by atoms with Crippen LogP contribution in [0.25, 0.3) is 11.0 Å². The molecule has 0 atom stereocenters. The lowest BCUT2D eigenvalue weighted by atomic mass is 9.83. The Morgan fingerprint density at radius 3 is 2.84 bits per heavy atom. The maximum atomic E-state index is 5.72. The molecule has 0 amide bonds. The predicted molar refractivity (Wildman–Crippen MR) is 79.0 cm³/mol. The number of nitrogens with zero attached hydrogens (tertiary/aromatic N) is 2. The minimum Gasteiger partial charge on any atom is -0.328 e. The van der Waals surface area contributed by atoms with Crippen LogP contribution in [0.1, 0.15) is 44.0 Å². The molecule has 0 unspecified atom stereocenters. The van der Waals surface area contributed by atoms with Gasteiger partial charge in [-0.2, -0.15) is 0 Å². The minimum absolute atomic E-state index is 0.592. The molecule has 0 radical (unpaired) electrons. The molecule has 2 N–H and O–H groups in total. The Morgan fingerprint density at radius 1 is 1.37 bits per heavy atom. The number of hydrogen-bond donors (Lipinski definition) is 1. The van der Waals surface area contributed by atoms with Crippen LogP contribution >= 0.6 is 0 Å². The number of fused-ring (bicyclic) bond motifs is 1. The second-order valence-electron chi connectivity index (χ2n) is 5.71. The van der Waals surface area contributed by atoms with Crippen LogP contribution in [-0.2, 0) is 19.5 Å². The van der Waals surface area contributed by atoms with E-state index in [0.717, 1.165) is 30.8 Å². The van der Waals surface area contributed by atoms with Crippen LogP contribution in [0, 0.1) is 5.92 Å². The van der Waals surface area contributed by atoms with Gasteiger partial charge in [-0.15, -0.1) is 0 Å². The van der Waals surface area contributed by atoms with E-state index in [-0.39, 0.29) is 0 Å². The number of rotatable bonds is 5. The first-order valence-corrected chi connectivity index (χ1v) is 7.50. The minimum atomic E-state index is 0.592. The smallest absolute Gasteiger partial charge is 0.110 e. The van der Waals surface area contributed by atoms with Crippen molar-refractivity contribution in [2.45, 2.75) is 52.1 Å². The maximum Gasteiger partial charge on any atom is 0.110 e. The van der Waals surface area contributed by atoms with E-state index in [9.17, 15) is 0 Å². The second kappa shape index (κ2) is 5.33. The number of aryl methyl sites for hydroxylation is 1. The van der Waals surface area contributed by atoms with Gasteiger partial charge in [0.2, 0.25) is 0 Å². The van der Waals surface area contributed by atoms with Gasteiger partial charge >= 0.3 is 0 Å². The van der Waals surface area contributed by atoms with Crippen LogP contribution in [0.4, 0.5) is 0 Å². The second-order valence-corrected chi connectivity index (χ2v) is 5.71. The van der Waals surface area contributed by atoms with Crippen LogP contribution in [-0.4, -0.2) is 9.55 Å². The lowest BCUT2D eigenvalue weighted by Crippen LogP contribution is -2.17. The quantitative estimate of drug-likeness (QED) is 0.893. The molecule has 1 heterocycles. The molecule has 2 aromatic rings. The molecule has 1 aliphatic carbocycles. The van der Waals surface area contributed by atoms with E-state index in [0.29, 0.717) is 6.54 Å². The van der Waals surface area contributed by atoms with Crippen molar-refractivity contribution in [1.29, 1.82) is 0 Å². The van der Waals surface area contributed by atoms with Crippen molar-refractivity contribution in [2.75, 3.05) is 0 Å². The van der Waals surface area contributed by atoms with Crippen LogP contribution in [0.5, 0.6) is 0 Å². The zero-order chi connectivity index (χ0) is 13.2. The van der Waals surface area contributed by atoms with Crippen molar-refractivity contribution >= 4 is 11.0 Å². The van der Waals surface area contributed by atoms with Crippen molar-refractivity contribution in [2.24, 2.45) is 11.7 Å². The summed E-state index contributed by atoms with van der Waals surface area (Å²) in [5.41, 5.74) is 9.28. The number of imidazole rings is 1. The third-order valence-corrected chi connectivity index (χ3v) is 4.27. The van der Waals surface area contributed by atoms with Gasteiger partial charge in [0.15, 0.2) is 0 Å². The molecule has 1 aromatic carbocycles. The van der Waals surface area contributed by atoms with Gasteiger partial charge in [0.1, 0.15) is 5.82 Å². The summed E-state index contributed by atoms with van der Waals surface area (Å²) in [5.74, 6) is 2.14. The van der Waals surface area contributed by atoms with Crippen LogP contribution < -0.4 is 5.73 Å². The van der Waals surface area contributed by atoms with E-state index in [2.05, 4.69) is 29.7 Å². The van der Waals surface area contributed by atoms with Gasteiger partial charge in [0.05, 0.1) is 11.0 Å². The highest BCUT2D eigenvalue weighted by Crippen LogP contribution is 2.30. The molecule has 1 fully saturated rings. The fourth-order valence-electron chi connectivity index (χ4n) is 2.94. The Balaban J connectivity index is 2.00.